The van der Waals surface area contributed by atoms with E-state index in [1.54, 1.807) is 21.6 Å². The van der Waals surface area contributed by atoms with Crippen molar-refractivity contribution in [3.05, 3.63) is 154 Å². The van der Waals surface area contributed by atoms with Crippen molar-refractivity contribution in [2.24, 2.45) is 52.6 Å². The van der Waals surface area contributed by atoms with E-state index in [0.717, 1.165) is 47.2 Å². The number of aromatic hydroxyl groups is 1. The number of aromatic amines is 1. The van der Waals surface area contributed by atoms with Crippen molar-refractivity contribution in [2.45, 2.75) is 120 Å². The molecule has 1 saturated heterocycles. The fourth-order valence-electron chi connectivity index (χ4n) is 14.5. The third-order valence-electron chi connectivity index (χ3n) is 18.5. The lowest BCUT2D eigenvalue weighted by molar-refractivity contribution is -0.0675. The molecule has 15 atom stereocenters. The second-order valence-corrected chi connectivity index (χ2v) is 25.6. The summed E-state index contributed by atoms with van der Waals surface area (Å²) in [5.41, 5.74) is 14.7. The number of rotatable bonds is 13. The van der Waals surface area contributed by atoms with E-state index in [9.17, 15) is 35.7 Å². The van der Waals surface area contributed by atoms with Gasteiger partial charge in [0.05, 0.1) is 37.6 Å². The van der Waals surface area contributed by atoms with E-state index in [1.807, 2.05) is 36.5 Å². The van der Waals surface area contributed by atoms with Gasteiger partial charge in [0.15, 0.2) is 11.5 Å². The molecule has 4 aromatic rings. The fourth-order valence-corrected chi connectivity index (χ4v) is 17.0. The van der Waals surface area contributed by atoms with Crippen molar-refractivity contribution < 1.29 is 45.2 Å². The molecule has 12 nitrogen and oxygen atoms in total. The molecule has 3 heterocycles. The number of phenols is 1. The van der Waals surface area contributed by atoms with E-state index in [-0.39, 0.29) is 73.4 Å². The number of phenolic OH excluding ortho intramolecular Hbond substituents is 1. The molecular formula is C64H81N3O9S2. The van der Waals surface area contributed by atoms with Gasteiger partial charge in [-0.15, -0.1) is 0 Å². The van der Waals surface area contributed by atoms with Crippen LogP contribution in [0.5, 0.6) is 11.5 Å². The smallest absolute Gasteiger partial charge is 0.161 e. The van der Waals surface area contributed by atoms with Crippen molar-refractivity contribution in [1.29, 1.82) is 0 Å². The number of hydrogen-bond acceptors (Lipinski definition) is 13. The second kappa shape index (κ2) is 25.9. The van der Waals surface area contributed by atoms with Crippen molar-refractivity contribution >= 4 is 21.6 Å². The van der Waals surface area contributed by atoms with Crippen molar-refractivity contribution in [2.75, 3.05) is 44.5 Å². The predicted molar refractivity (Wildman–Crippen MR) is 309 cm³/mol. The van der Waals surface area contributed by atoms with Gasteiger partial charge in [-0.05, 0) is 152 Å². The average molecular weight is 1100 g/mol. The molecule has 4 aliphatic carbocycles. The molecule has 11 N–H and O–H groups in total. The molecule has 78 heavy (non-hydrogen) atoms. The van der Waals surface area contributed by atoms with Crippen LogP contribution in [0.4, 0.5) is 0 Å². The molecule has 2 aliphatic heterocycles. The number of hydrogen-bond donors (Lipinski definition) is 10. The Labute approximate surface area is 468 Å². The standard InChI is InChI=1S/C64H81N3O9S2/c1-2-40-25-44-29-56(72)59(76-60-30-45(27-48-14-9-20-66-48)50-18-21-67-63(65)55(50)38-78-77-37-46(35-69)62(60)74)32-52(44)53-31-57(73)61-42(28-51(40)53)17-19-64(33-49(71)15-16-58(61)75-23-22-68)34-54(41-12-7-4-8-13-41)43(26-47(64)36-70)24-39-10-5-3-6-11-39/h3-14,18,20,28-29,32,40,42-43,45-47,49,53-54,57-58,60-62,66-74H,2,15-16,21-27,30-31,33-38,65H2,1H3. The number of allylic oxidation sites excluding steroid dienone is 3. The molecule has 15 unspecified atom stereocenters. The van der Waals surface area contributed by atoms with Crippen LogP contribution >= 0.6 is 21.6 Å². The zero-order chi connectivity index (χ0) is 54.3. The quantitative estimate of drug-likeness (QED) is 0.0347. The van der Waals surface area contributed by atoms with Gasteiger partial charge >= 0.3 is 0 Å². The highest BCUT2D eigenvalue weighted by molar-refractivity contribution is 8.76. The number of aromatic nitrogens is 1. The first-order valence-electron chi connectivity index (χ1n) is 28.6. The van der Waals surface area contributed by atoms with Gasteiger partial charge in [-0.25, -0.2) is 0 Å². The van der Waals surface area contributed by atoms with Crippen LogP contribution in [-0.2, 0) is 24.0 Å². The van der Waals surface area contributed by atoms with Crippen LogP contribution in [0.15, 0.2) is 126 Å². The number of aliphatic hydroxyl groups excluding tert-OH is 6. The summed E-state index contributed by atoms with van der Waals surface area (Å²) in [7, 11) is 3.24. The first kappa shape index (κ1) is 56.6. The number of H-pyrrole nitrogens is 1. The molecule has 0 bridgehead atoms. The largest absolute Gasteiger partial charge is 0.504 e. The number of dihydropyridines is 1. The monoisotopic (exact) mass is 1100 g/mol. The van der Waals surface area contributed by atoms with Gasteiger partial charge < -0.3 is 61.3 Å². The fraction of sp³-hybridized carbons (Fsp3) is 0.531. The number of benzene rings is 3. The molecule has 1 saturated carbocycles. The van der Waals surface area contributed by atoms with Crippen LogP contribution < -0.4 is 15.8 Å². The van der Waals surface area contributed by atoms with E-state index in [4.69, 9.17) is 15.2 Å². The van der Waals surface area contributed by atoms with Crippen LogP contribution in [0.2, 0.25) is 0 Å². The van der Waals surface area contributed by atoms with Crippen LogP contribution in [0.25, 0.3) is 0 Å². The molecule has 418 valence electrons. The van der Waals surface area contributed by atoms with Crippen LogP contribution in [0.3, 0.4) is 0 Å². The van der Waals surface area contributed by atoms with Crippen LogP contribution in [0, 0.1) is 58.7 Å². The molecule has 2 fully saturated rings. The van der Waals surface area contributed by atoms with Gasteiger partial charge in [-0.1, -0.05) is 119 Å². The summed E-state index contributed by atoms with van der Waals surface area (Å²) in [6.07, 6.45) is 8.65. The highest BCUT2D eigenvalue weighted by atomic mass is 33.1. The summed E-state index contributed by atoms with van der Waals surface area (Å²) in [6, 6.07) is 29.0. The maximum absolute atomic E-state index is 12.9. The van der Waals surface area contributed by atoms with E-state index in [0.29, 0.717) is 75.2 Å². The molecule has 1 spiro atoms. The lowest BCUT2D eigenvalue weighted by atomic mass is 9.55. The molecular weight excluding hydrogens is 1020 g/mol. The molecule has 0 amide bonds. The van der Waals surface area contributed by atoms with Gasteiger partial charge in [0.2, 0.25) is 0 Å². The molecule has 10 rings (SSSR count). The SMILES string of the molecule is CCC1Cc2cc(O)c(OC3CC(Cc4ccc[nH]4)C4=CCNC(N)=C4CSSCC(CO)C3O)cc2C2CC(O)C3C(C#CC4(CC(O)CCC3OCCO)CC(c3ccccc3)C(Cc3ccccc3)CC4CO)C=C12. The van der Waals surface area contributed by atoms with Crippen molar-refractivity contribution in [1.82, 2.24) is 10.3 Å². The van der Waals surface area contributed by atoms with Gasteiger partial charge in [0.25, 0.3) is 0 Å². The first-order valence-corrected chi connectivity index (χ1v) is 31.1. The normalized spacial score (nSPS) is 33.4. The van der Waals surface area contributed by atoms with Crippen molar-refractivity contribution in [3.8, 4) is 23.3 Å². The minimum absolute atomic E-state index is 0.0314. The number of nitrogens with two attached hydrogens (primary N) is 1. The molecule has 1 aromatic heterocycles. The van der Waals surface area contributed by atoms with E-state index in [1.165, 1.54) is 16.7 Å². The summed E-state index contributed by atoms with van der Waals surface area (Å²) in [5, 5.41) is 85.1. The lowest BCUT2D eigenvalue weighted by Gasteiger charge is -2.49. The Kier molecular flexibility index (Phi) is 18.8. The maximum Gasteiger partial charge on any atom is 0.161 e. The highest BCUT2D eigenvalue weighted by Gasteiger charge is 2.50. The zero-order valence-electron chi connectivity index (χ0n) is 45.0. The molecule has 3 aromatic carbocycles. The molecule has 14 heteroatoms. The third-order valence-corrected chi connectivity index (χ3v) is 20.9. The number of aliphatic hydroxyl groups is 6. The Morgan fingerprint density at radius 3 is 2.40 bits per heavy atom. The minimum atomic E-state index is -1.08. The minimum Gasteiger partial charge on any atom is -0.504 e. The summed E-state index contributed by atoms with van der Waals surface area (Å²) in [6.45, 7) is 2.34. The molecule has 6 aliphatic rings. The topological polar surface area (TPSA) is 214 Å². The number of nitrogens with one attached hydrogen (secondary N) is 2. The maximum atomic E-state index is 12.9. The summed E-state index contributed by atoms with van der Waals surface area (Å²) < 4.78 is 13.5. The van der Waals surface area contributed by atoms with Gasteiger partial charge in [0.1, 0.15) is 11.9 Å². The Morgan fingerprint density at radius 2 is 1.65 bits per heavy atom. The Morgan fingerprint density at radius 1 is 0.846 bits per heavy atom. The van der Waals surface area contributed by atoms with E-state index >= 15 is 0 Å². The van der Waals surface area contributed by atoms with Crippen LogP contribution in [-0.4, -0.2) is 116 Å². The number of fused-ring (bicyclic) bond motifs is 5. The predicted octanol–water partition coefficient (Wildman–Crippen LogP) is 8.33. The molecule has 0 radical (unpaired) electrons. The first-order chi connectivity index (χ1) is 38.0. The van der Waals surface area contributed by atoms with Gasteiger partial charge in [0, 0.05) is 77.8 Å². The second-order valence-electron chi connectivity index (χ2n) is 23.1. The van der Waals surface area contributed by atoms with E-state index in [2.05, 4.69) is 95.8 Å². The summed E-state index contributed by atoms with van der Waals surface area (Å²) in [4.78, 5) is 3.38. The average Bonchev–Trinajstić information content (AvgIpc) is 4.09. The van der Waals surface area contributed by atoms with Crippen molar-refractivity contribution in [3.63, 3.8) is 0 Å². The summed E-state index contributed by atoms with van der Waals surface area (Å²) in [5.74, 6) is 8.03. The van der Waals surface area contributed by atoms with E-state index < -0.39 is 53.7 Å². The number of ether oxygens (including phenoxy) is 2. The lowest BCUT2D eigenvalue weighted by Crippen LogP contribution is -2.45. The third kappa shape index (κ3) is 12.5. The van der Waals surface area contributed by atoms with Crippen LogP contribution in [0.1, 0.15) is 98.1 Å². The Hall–Kier alpha value is -4.66. The Bertz CT molecular complexity index is 2780. The summed E-state index contributed by atoms with van der Waals surface area (Å²) >= 11 is 0. The van der Waals surface area contributed by atoms with Gasteiger partial charge in [-0.3, -0.25) is 0 Å². The zero-order valence-corrected chi connectivity index (χ0v) is 46.6. The van der Waals surface area contributed by atoms with Gasteiger partial charge in [-0.2, -0.15) is 0 Å². The Balaban J connectivity index is 1.04. The highest BCUT2D eigenvalue weighted by Crippen LogP contribution is 2.55.